The highest BCUT2D eigenvalue weighted by Crippen LogP contribution is 2.27. The monoisotopic (exact) mass is 437 g/mol. The van der Waals surface area contributed by atoms with E-state index < -0.39 is 0 Å². The van der Waals surface area contributed by atoms with Crippen LogP contribution in [-0.2, 0) is 0 Å². The molecule has 3 rings (SSSR count). The van der Waals surface area contributed by atoms with Crippen LogP contribution in [0.2, 0.25) is 5.02 Å². The molecule has 0 unspecified atom stereocenters. The SMILES string of the molecule is CC(C)Oc1cc(Br)ccc1C(=O)N1CCN(c2ccc(Cl)cn2)CC1. The first-order valence-corrected chi connectivity index (χ1v) is 9.73. The van der Waals surface area contributed by atoms with Crippen molar-refractivity contribution in [1.82, 2.24) is 9.88 Å². The molecule has 1 aromatic heterocycles. The van der Waals surface area contributed by atoms with Crippen LogP contribution in [0.25, 0.3) is 0 Å². The van der Waals surface area contributed by atoms with Gasteiger partial charge in [0, 0.05) is 36.8 Å². The summed E-state index contributed by atoms with van der Waals surface area (Å²) in [7, 11) is 0. The number of carbonyl (C=O) groups is 1. The van der Waals surface area contributed by atoms with Gasteiger partial charge in [0.15, 0.2) is 0 Å². The molecule has 2 heterocycles. The average molecular weight is 439 g/mol. The predicted octanol–water partition coefficient (Wildman–Crippen LogP) is 4.25. The molecule has 0 bridgehead atoms. The fourth-order valence-electron chi connectivity index (χ4n) is 2.89. The number of nitrogens with zero attached hydrogens (tertiary/aromatic N) is 3. The predicted molar refractivity (Wildman–Crippen MR) is 107 cm³/mol. The Labute approximate surface area is 167 Å². The number of ether oxygens (including phenoxy) is 1. The molecule has 0 radical (unpaired) electrons. The number of anilines is 1. The molecule has 0 atom stereocenters. The fourth-order valence-corrected chi connectivity index (χ4v) is 3.34. The van der Waals surface area contributed by atoms with Crippen molar-refractivity contribution in [2.24, 2.45) is 0 Å². The van der Waals surface area contributed by atoms with Crippen molar-refractivity contribution < 1.29 is 9.53 Å². The lowest BCUT2D eigenvalue weighted by molar-refractivity contribution is 0.0740. The summed E-state index contributed by atoms with van der Waals surface area (Å²) in [5.41, 5.74) is 0.597. The molecular weight excluding hydrogens is 418 g/mol. The summed E-state index contributed by atoms with van der Waals surface area (Å²) in [5.74, 6) is 1.49. The lowest BCUT2D eigenvalue weighted by Crippen LogP contribution is -2.49. The number of halogens is 2. The van der Waals surface area contributed by atoms with E-state index in [1.54, 1.807) is 6.20 Å². The molecule has 138 valence electrons. The van der Waals surface area contributed by atoms with Gasteiger partial charge in [0.2, 0.25) is 0 Å². The molecule has 5 nitrogen and oxygen atoms in total. The first-order chi connectivity index (χ1) is 12.4. The Kier molecular flexibility index (Phi) is 6.04. The van der Waals surface area contributed by atoms with Crippen molar-refractivity contribution in [1.29, 1.82) is 0 Å². The first-order valence-electron chi connectivity index (χ1n) is 8.56. The van der Waals surface area contributed by atoms with Crippen LogP contribution in [-0.4, -0.2) is 48.1 Å². The molecule has 0 aliphatic carbocycles. The van der Waals surface area contributed by atoms with Crippen LogP contribution in [0, 0.1) is 0 Å². The van der Waals surface area contributed by atoms with E-state index in [4.69, 9.17) is 16.3 Å². The topological polar surface area (TPSA) is 45.7 Å². The number of carbonyl (C=O) groups excluding carboxylic acids is 1. The third kappa shape index (κ3) is 4.48. The minimum atomic E-state index is -0.00290. The Morgan fingerprint density at radius 1 is 1.19 bits per heavy atom. The summed E-state index contributed by atoms with van der Waals surface area (Å²) in [6.07, 6.45) is 1.65. The molecule has 1 aromatic carbocycles. The molecule has 0 N–H and O–H groups in total. The highest BCUT2D eigenvalue weighted by molar-refractivity contribution is 9.10. The van der Waals surface area contributed by atoms with E-state index in [0.29, 0.717) is 29.4 Å². The van der Waals surface area contributed by atoms with Crippen molar-refractivity contribution in [3.05, 3.63) is 51.6 Å². The second-order valence-corrected chi connectivity index (χ2v) is 7.77. The van der Waals surface area contributed by atoms with Gasteiger partial charge in [-0.3, -0.25) is 4.79 Å². The normalized spacial score (nSPS) is 14.7. The number of benzene rings is 1. The Morgan fingerprint density at radius 2 is 1.92 bits per heavy atom. The maximum atomic E-state index is 13.0. The van der Waals surface area contributed by atoms with Crippen LogP contribution in [0.15, 0.2) is 41.0 Å². The van der Waals surface area contributed by atoms with Gasteiger partial charge in [-0.25, -0.2) is 4.98 Å². The van der Waals surface area contributed by atoms with Gasteiger partial charge >= 0.3 is 0 Å². The van der Waals surface area contributed by atoms with Gasteiger partial charge in [0.25, 0.3) is 5.91 Å². The zero-order chi connectivity index (χ0) is 18.7. The van der Waals surface area contributed by atoms with Crippen molar-refractivity contribution in [3.8, 4) is 5.75 Å². The number of pyridine rings is 1. The van der Waals surface area contributed by atoms with Gasteiger partial charge in [-0.2, -0.15) is 0 Å². The molecular formula is C19H21BrClN3O2. The van der Waals surface area contributed by atoms with Gasteiger partial charge in [0.1, 0.15) is 11.6 Å². The van der Waals surface area contributed by atoms with Gasteiger partial charge < -0.3 is 14.5 Å². The Hall–Kier alpha value is -1.79. The molecule has 0 spiro atoms. The number of aromatic nitrogens is 1. The highest BCUT2D eigenvalue weighted by Gasteiger charge is 2.25. The number of hydrogen-bond acceptors (Lipinski definition) is 4. The lowest BCUT2D eigenvalue weighted by Gasteiger charge is -2.35. The van der Waals surface area contributed by atoms with Crippen molar-refractivity contribution in [2.75, 3.05) is 31.1 Å². The number of rotatable bonds is 4. The molecule has 7 heteroatoms. The summed E-state index contributed by atoms with van der Waals surface area (Å²) in [4.78, 5) is 21.4. The van der Waals surface area contributed by atoms with Crippen molar-refractivity contribution >= 4 is 39.3 Å². The van der Waals surface area contributed by atoms with Gasteiger partial charge in [-0.1, -0.05) is 27.5 Å². The quantitative estimate of drug-likeness (QED) is 0.716. The highest BCUT2D eigenvalue weighted by atomic mass is 79.9. The zero-order valence-corrected chi connectivity index (χ0v) is 17.1. The van der Waals surface area contributed by atoms with Crippen molar-refractivity contribution in [2.45, 2.75) is 20.0 Å². The largest absolute Gasteiger partial charge is 0.490 e. The lowest BCUT2D eigenvalue weighted by atomic mass is 10.1. The van der Waals surface area contributed by atoms with Crippen LogP contribution >= 0.6 is 27.5 Å². The molecule has 1 aliphatic heterocycles. The van der Waals surface area contributed by atoms with Gasteiger partial charge in [-0.05, 0) is 44.2 Å². The number of hydrogen-bond donors (Lipinski definition) is 0. The summed E-state index contributed by atoms with van der Waals surface area (Å²) < 4.78 is 6.72. The summed E-state index contributed by atoms with van der Waals surface area (Å²) in [5, 5.41) is 0.621. The number of amides is 1. The van der Waals surface area contributed by atoms with Crippen molar-refractivity contribution in [3.63, 3.8) is 0 Å². The van der Waals surface area contributed by atoms with E-state index in [1.165, 1.54) is 0 Å². The summed E-state index contributed by atoms with van der Waals surface area (Å²) in [6, 6.07) is 9.27. The Balaban J connectivity index is 1.69. The molecule has 2 aromatic rings. The van der Waals surface area contributed by atoms with Gasteiger partial charge in [-0.15, -0.1) is 0 Å². The first kappa shape index (κ1) is 19.0. The maximum absolute atomic E-state index is 13.0. The second-order valence-electron chi connectivity index (χ2n) is 6.42. The van der Waals surface area contributed by atoms with E-state index >= 15 is 0 Å². The fraction of sp³-hybridized carbons (Fsp3) is 0.368. The molecule has 1 aliphatic rings. The zero-order valence-electron chi connectivity index (χ0n) is 14.8. The summed E-state index contributed by atoms with van der Waals surface area (Å²) in [6.45, 7) is 6.65. The summed E-state index contributed by atoms with van der Waals surface area (Å²) >= 11 is 9.34. The Bertz CT molecular complexity index is 775. The van der Waals surface area contributed by atoms with Crippen LogP contribution < -0.4 is 9.64 Å². The molecule has 1 amide bonds. The van der Waals surface area contributed by atoms with Gasteiger partial charge in [0.05, 0.1) is 16.7 Å². The van der Waals surface area contributed by atoms with E-state index in [0.717, 1.165) is 23.4 Å². The third-order valence-corrected chi connectivity index (χ3v) is 4.86. The van der Waals surface area contributed by atoms with Crippen LogP contribution in [0.1, 0.15) is 24.2 Å². The number of piperazine rings is 1. The third-order valence-electron chi connectivity index (χ3n) is 4.14. The molecule has 1 saturated heterocycles. The smallest absolute Gasteiger partial charge is 0.257 e. The van der Waals surface area contributed by atoms with E-state index in [9.17, 15) is 4.79 Å². The average Bonchev–Trinajstić information content (AvgIpc) is 2.62. The minimum Gasteiger partial charge on any atom is -0.490 e. The molecule has 26 heavy (non-hydrogen) atoms. The standard InChI is InChI=1S/C19H21BrClN3O2/c1-13(2)26-17-11-14(20)3-5-16(17)19(25)24-9-7-23(8-10-24)18-6-4-15(21)12-22-18/h3-6,11-13H,7-10H2,1-2H3. The maximum Gasteiger partial charge on any atom is 0.257 e. The van der Waals surface area contributed by atoms with E-state index in [-0.39, 0.29) is 12.0 Å². The molecule has 0 saturated carbocycles. The van der Waals surface area contributed by atoms with Crippen LogP contribution in [0.3, 0.4) is 0 Å². The molecule has 1 fully saturated rings. The minimum absolute atomic E-state index is 0.00290. The van der Waals surface area contributed by atoms with E-state index in [1.807, 2.05) is 49.1 Å². The Morgan fingerprint density at radius 3 is 2.54 bits per heavy atom. The van der Waals surface area contributed by atoms with E-state index in [2.05, 4.69) is 25.8 Å². The van der Waals surface area contributed by atoms with Crippen LogP contribution in [0.5, 0.6) is 5.75 Å². The van der Waals surface area contributed by atoms with Crippen LogP contribution in [0.4, 0.5) is 5.82 Å². The second kappa shape index (κ2) is 8.27.